The van der Waals surface area contributed by atoms with Crippen molar-refractivity contribution in [1.29, 1.82) is 0 Å². The lowest BCUT2D eigenvalue weighted by molar-refractivity contribution is 0.0943. The third-order valence-corrected chi connectivity index (χ3v) is 4.33. The third kappa shape index (κ3) is 3.45. The van der Waals surface area contributed by atoms with Crippen LogP contribution in [0.25, 0.3) is 0 Å². The fourth-order valence-electron chi connectivity index (χ4n) is 2.12. The average Bonchev–Trinajstić information content (AvgIpc) is 2.82. The van der Waals surface area contributed by atoms with Crippen molar-refractivity contribution >= 4 is 17.2 Å². The van der Waals surface area contributed by atoms with E-state index in [2.05, 4.69) is 24.1 Å². The van der Waals surface area contributed by atoms with Crippen LogP contribution >= 0.6 is 11.3 Å². The van der Waals surface area contributed by atoms with Crippen LogP contribution in [-0.4, -0.2) is 10.9 Å². The molecule has 106 valence electrons. The van der Waals surface area contributed by atoms with Gasteiger partial charge in [0.2, 0.25) is 0 Å². The summed E-state index contributed by atoms with van der Waals surface area (Å²) in [5, 5.41) is 3.00. The normalized spacial score (nSPS) is 12.2. The molecule has 0 spiro atoms. The van der Waals surface area contributed by atoms with E-state index in [1.165, 1.54) is 10.4 Å². The Labute approximate surface area is 124 Å². The zero-order valence-corrected chi connectivity index (χ0v) is 13.0. The molecule has 0 fully saturated rings. The van der Waals surface area contributed by atoms with Gasteiger partial charge in [0.15, 0.2) is 0 Å². The molecule has 2 aromatic rings. The fraction of sp³-hybridized carbons (Fsp3) is 0.375. The molecule has 1 atom stereocenters. The van der Waals surface area contributed by atoms with E-state index < -0.39 is 0 Å². The lowest BCUT2D eigenvalue weighted by Gasteiger charge is -2.12. The first-order valence-corrected chi connectivity index (χ1v) is 7.74. The maximum atomic E-state index is 12.3. The van der Waals surface area contributed by atoms with E-state index in [1.54, 1.807) is 17.5 Å². The standard InChI is InChI=1S/C16H20N2OS/c1-4-7-13-10-15(20-12(13)3)16(19)18-11(2)14-8-5-6-9-17-14/h5-6,8-11H,4,7H2,1-3H3,(H,18,19)/t11-/m0/s1. The summed E-state index contributed by atoms with van der Waals surface area (Å²) in [6, 6.07) is 7.66. The number of nitrogens with zero attached hydrogens (tertiary/aromatic N) is 1. The Morgan fingerprint density at radius 3 is 2.90 bits per heavy atom. The van der Waals surface area contributed by atoms with Crippen LogP contribution in [0.15, 0.2) is 30.5 Å². The second-order valence-electron chi connectivity index (χ2n) is 4.89. The summed E-state index contributed by atoms with van der Waals surface area (Å²) in [4.78, 5) is 18.6. The van der Waals surface area contributed by atoms with Crippen LogP contribution in [-0.2, 0) is 6.42 Å². The first-order valence-electron chi connectivity index (χ1n) is 6.93. The highest BCUT2D eigenvalue weighted by molar-refractivity contribution is 7.14. The Bertz CT molecular complexity index is 577. The zero-order valence-electron chi connectivity index (χ0n) is 12.1. The fourth-order valence-corrected chi connectivity index (χ4v) is 3.10. The van der Waals surface area contributed by atoms with Gasteiger partial charge in [-0.3, -0.25) is 9.78 Å². The molecule has 0 aliphatic rings. The second-order valence-corrected chi connectivity index (χ2v) is 6.15. The van der Waals surface area contributed by atoms with Gasteiger partial charge in [-0.15, -0.1) is 11.3 Å². The predicted octanol–water partition coefficient (Wildman–Crippen LogP) is 3.90. The summed E-state index contributed by atoms with van der Waals surface area (Å²) in [6.45, 7) is 6.18. The van der Waals surface area contributed by atoms with Gasteiger partial charge in [-0.25, -0.2) is 0 Å². The van der Waals surface area contributed by atoms with Crippen molar-refractivity contribution in [3.63, 3.8) is 0 Å². The Balaban J connectivity index is 2.06. The van der Waals surface area contributed by atoms with Gasteiger partial charge in [0.1, 0.15) is 0 Å². The van der Waals surface area contributed by atoms with E-state index in [0.717, 1.165) is 23.4 Å². The number of carbonyl (C=O) groups is 1. The highest BCUT2D eigenvalue weighted by Crippen LogP contribution is 2.23. The number of aryl methyl sites for hydroxylation is 2. The molecule has 2 rings (SSSR count). The number of pyridine rings is 1. The number of rotatable bonds is 5. The van der Waals surface area contributed by atoms with Crippen molar-refractivity contribution in [3.8, 4) is 0 Å². The quantitative estimate of drug-likeness (QED) is 0.906. The van der Waals surface area contributed by atoms with E-state index in [9.17, 15) is 4.79 Å². The number of thiophene rings is 1. The highest BCUT2D eigenvalue weighted by atomic mass is 32.1. The number of nitrogens with one attached hydrogen (secondary N) is 1. The summed E-state index contributed by atoms with van der Waals surface area (Å²) in [5.41, 5.74) is 2.16. The van der Waals surface area contributed by atoms with Crippen LogP contribution in [0.1, 0.15) is 52.1 Å². The van der Waals surface area contributed by atoms with E-state index in [4.69, 9.17) is 0 Å². The van der Waals surface area contributed by atoms with Crippen LogP contribution in [0.3, 0.4) is 0 Å². The minimum Gasteiger partial charge on any atom is -0.343 e. The molecule has 2 heterocycles. The van der Waals surface area contributed by atoms with Crippen LogP contribution in [0.5, 0.6) is 0 Å². The number of hydrogen-bond acceptors (Lipinski definition) is 3. The number of carbonyl (C=O) groups excluding carboxylic acids is 1. The number of aromatic nitrogens is 1. The van der Waals surface area contributed by atoms with Crippen molar-refractivity contribution < 1.29 is 4.79 Å². The van der Waals surface area contributed by atoms with Crippen molar-refractivity contribution in [1.82, 2.24) is 10.3 Å². The van der Waals surface area contributed by atoms with Gasteiger partial charge in [-0.1, -0.05) is 19.4 Å². The average molecular weight is 288 g/mol. The molecule has 0 aliphatic carbocycles. The minimum absolute atomic E-state index is 0.0152. The molecule has 1 amide bonds. The molecule has 0 aliphatic heterocycles. The maximum absolute atomic E-state index is 12.3. The van der Waals surface area contributed by atoms with Crippen molar-refractivity contribution in [3.05, 3.63) is 51.5 Å². The molecule has 20 heavy (non-hydrogen) atoms. The zero-order chi connectivity index (χ0) is 14.5. The van der Waals surface area contributed by atoms with Gasteiger partial charge >= 0.3 is 0 Å². The Morgan fingerprint density at radius 1 is 1.45 bits per heavy atom. The Hall–Kier alpha value is -1.68. The minimum atomic E-state index is -0.0827. The largest absolute Gasteiger partial charge is 0.343 e. The van der Waals surface area contributed by atoms with Crippen LogP contribution < -0.4 is 5.32 Å². The summed E-state index contributed by atoms with van der Waals surface area (Å²) in [7, 11) is 0. The van der Waals surface area contributed by atoms with E-state index >= 15 is 0 Å². The molecule has 0 radical (unpaired) electrons. The summed E-state index contributed by atoms with van der Waals surface area (Å²) in [5.74, 6) is -0.0152. The summed E-state index contributed by atoms with van der Waals surface area (Å²) >= 11 is 1.57. The van der Waals surface area contributed by atoms with Crippen molar-refractivity contribution in [2.45, 2.75) is 39.7 Å². The highest BCUT2D eigenvalue weighted by Gasteiger charge is 2.15. The Kier molecular flexibility index (Phi) is 4.90. The van der Waals surface area contributed by atoms with E-state index in [1.807, 2.05) is 31.2 Å². The van der Waals surface area contributed by atoms with Crippen molar-refractivity contribution in [2.24, 2.45) is 0 Å². The lowest BCUT2D eigenvalue weighted by Crippen LogP contribution is -2.26. The van der Waals surface area contributed by atoms with Crippen LogP contribution in [0.4, 0.5) is 0 Å². The number of amides is 1. The third-order valence-electron chi connectivity index (χ3n) is 3.24. The monoisotopic (exact) mass is 288 g/mol. The molecular weight excluding hydrogens is 268 g/mol. The van der Waals surface area contributed by atoms with Gasteiger partial charge in [-0.2, -0.15) is 0 Å². The topological polar surface area (TPSA) is 42.0 Å². The molecule has 0 unspecified atom stereocenters. The molecule has 0 saturated heterocycles. The SMILES string of the molecule is CCCc1cc(C(=O)N[C@@H](C)c2ccccn2)sc1C. The smallest absolute Gasteiger partial charge is 0.261 e. The predicted molar refractivity (Wildman–Crippen MR) is 83.2 cm³/mol. The molecule has 4 heteroatoms. The maximum Gasteiger partial charge on any atom is 0.261 e. The lowest BCUT2D eigenvalue weighted by atomic mass is 10.1. The Morgan fingerprint density at radius 2 is 2.25 bits per heavy atom. The summed E-state index contributed by atoms with van der Waals surface area (Å²) < 4.78 is 0. The van der Waals surface area contributed by atoms with Crippen molar-refractivity contribution in [2.75, 3.05) is 0 Å². The van der Waals surface area contributed by atoms with Gasteiger partial charge in [0.05, 0.1) is 16.6 Å². The molecule has 3 nitrogen and oxygen atoms in total. The molecular formula is C16H20N2OS. The molecule has 1 N–H and O–H groups in total. The second kappa shape index (κ2) is 6.66. The number of hydrogen-bond donors (Lipinski definition) is 1. The van der Waals surface area contributed by atoms with Crippen LogP contribution in [0.2, 0.25) is 0 Å². The molecule has 0 aromatic carbocycles. The van der Waals surface area contributed by atoms with E-state index in [0.29, 0.717) is 0 Å². The first-order chi connectivity index (χ1) is 9.61. The summed E-state index contributed by atoms with van der Waals surface area (Å²) in [6.07, 6.45) is 3.88. The van der Waals surface area contributed by atoms with Gasteiger partial charge in [0.25, 0.3) is 5.91 Å². The van der Waals surface area contributed by atoms with Gasteiger partial charge in [0, 0.05) is 11.1 Å². The van der Waals surface area contributed by atoms with Gasteiger partial charge in [-0.05, 0) is 44.0 Å². The van der Waals surface area contributed by atoms with Gasteiger partial charge < -0.3 is 5.32 Å². The molecule has 0 bridgehead atoms. The molecule has 0 saturated carbocycles. The molecule has 2 aromatic heterocycles. The van der Waals surface area contributed by atoms with Crippen LogP contribution in [0, 0.1) is 6.92 Å². The van der Waals surface area contributed by atoms with E-state index in [-0.39, 0.29) is 11.9 Å². The first kappa shape index (κ1) is 14.7.